The molecular formula is C20H13N3O2. The van der Waals surface area contributed by atoms with Crippen molar-refractivity contribution < 1.29 is 9.59 Å². The molecule has 3 aliphatic rings. The van der Waals surface area contributed by atoms with Crippen LogP contribution in [0.2, 0.25) is 0 Å². The lowest BCUT2D eigenvalue weighted by atomic mass is 9.79. The number of allylic oxidation sites excluding steroid dienone is 1. The zero-order valence-electron chi connectivity index (χ0n) is 13.1. The number of nitrogens with one attached hydrogen (secondary N) is 3. The number of hydrogen-bond donors (Lipinski definition) is 3. The van der Waals surface area contributed by atoms with Gasteiger partial charge in [0.2, 0.25) is 5.91 Å². The summed E-state index contributed by atoms with van der Waals surface area (Å²) in [5.41, 5.74) is 7.20. The Balaban J connectivity index is 1.79. The molecule has 1 aliphatic heterocycles. The van der Waals surface area contributed by atoms with Crippen molar-refractivity contribution in [2.75, 3.05) is 0 Å². The van der Waals surface area contributed by atoms with E-state index in [1.165, 1.54) is 0 Å². The van der Waals surface area contributed by atoms with E-state index in [2.05, 4.69) is 21.4 Å². The molecule has 2 aliphatic carbocycles. The molecule has 1 amide bonds. The lowest BCUT2D eigenvalue weighted by Gasteiger charge is -2.21. The number of rotatable bonds is 0. The first-order valence-corrected chi connectivity index (χ1v) is 8.31. The van der Waals surface area contributed by atoms with Crippen LogP contribution in [0.3, 0.4) is 0 Å². The summed E-state index contributed by atoms with van der Waals surface area (Å²) in [5.74, 6) is -0.355. The van der Waals surface area contributed by atoms with E-state index in [9.17, 15) is 9.59 Å². The van der Waals surface area contributed by atoms with Crippen molar-refractivity contribution in [2.45, 2.75) is 12.3 Å². The van der Waals surface area contributed by atoms with Crippen molar-refractivity contribution in [3.05, 3.63) is 58.9 Å². The lowest BCUT2D eigenvalue weighted by Crippen LogP contribution is -2.21. The number of para-hydroxylation sites is 1. The van der Waals surface area contributed by atoms with Gasteiger partial charge in [0.15, 0.2) is 5.78 Å². The summed E-state index contributed by atoms with van der Waals surface area (Å²) in [6, 6.07) is 8.07. The average molecular weight is 327 g/mol. The predicted octanol–water partition coefficient (Wildman–Crippen LogP) is 3.33. The first-order chi connectivity index (χ1) is 12.2. The van der Waals surface area contributed by atoms with Crippen LogP contribution < -0.4 is 5.32 Å². The van der Waals surface area contributed by atoms with Gasteiger partial charge in [0.25, 0.3) is 0 Å². The van der Waals surface area contributed by atoms with Gasteiger partial charge in [-0.3, -0.25) is 9.59 Å². The second kappa shape index (κ2) is 4.19. The van der Waals surface area contributed by atoms with Gasteiger partial charge in [-0.25, -0.2) is 0 Å². The van der Waals surface area contributed by atoms with Crippen LogP contribution in [0.5, 0.6) is 0 Å². The Bertz CT molecular complexity index is 1190. The summed E-state index contributed by atoms with van der Waals surface area (Å²) in [4.78, 5) is 31.8. The van der Waals surface area contributed by atoms with Crippen LogP contribution in [0, 0.1) is 0 Å². The molecule has 0 radical (unpaired) electrons. The van der Waals surface area contributed by atoms with Crippen LogP contribution in [0.1, 0.15) is 39.5 Å². The van der Waals surface area contributed by atoms with E-state index in [0.29, 0.717) is 12.1 Å². The molecule has 120 valence electrons. The highest BCUT2D eigenvalue weighted by Crippen LogP contribution is 2.52. The maximum atomic E-state index is 12.6. The molecule has 0 bridgehead atoms. The Morgan fingerprint density at radius 1 is 1.00 bits per heavy atom. The van der Waals surface area contributed by atoms with Gasteiger partial charge < -0.3 is 15.3 Å². The van der Waals surface area contributed by atoms with E-state index in [1.807, 2.05) is 36.6 Å². The Labute approximate surface area is 142 Å². The van der Waals surface area contributed by atoms with Crippen molar-refractivity contribution >= 4 is 34.2 Å². The second-order valence-electron chi connectivity index (χ2n) is 6.69. The maximum absolute atomic E-state index is 12.6. The minimum Gasteiger partial charge on any atom is -0.353 e. The topological polar surface area (TPSA) is 77.8 Å². The van der Waals surface area contributed by atoms with Crippen molar-refractivity contribution in [3.63, 3.8) is 0 Å². The number of hydrogen-bond acceptors (Lipinski definition) is 2. The molecule has 25 heavy (non-hydrogen) atoms. The third kappa shape index (κ3) is 1.44. The molecule has 0 saturated heterocycles. The number of fused-ring (bicyclic) bond motifs is 10. The van der Waals surface area contributed by atoms with Crippen LogP contribution in [0.25, 0.3) is 33.9 Å². The maximum Gasteiger partial charge on any atom is 0.236 e. The molecule has 0 spiro atoms. The lowest BCUT2D eigenvalue weighted by molar-refractivity contribution is -0.119. The Hall–Kier alpha value is -3.34. The van der Waals surface area contributed by atoms with E-state index in [0.717, 1.165) is 44.6 Å². The first-order valence-electron chi connectivity index (χ1n) is 8.31. The number of H-pyrrole nitrogens is 2. The molecule has 1 aromatic carbocycles. The normalized spacial score (nSPS) is 20.0. The summed E-state index contributed by atoms with van der Waals surface area (Å²) in [5, 5.41) is 3.96. The van der Waals surface area contributed by atoms with Gasteiger partial charge in [-0.1, -0.05) is 30.4 Å². The van der Waals surface area contributed by atoms with Crippen LogP contribution in [-0.2, 0) is 4.79 Å². The number of aromatic nitrogens is 2. The summed E-state index contributed by atoms with van der Waals surface area (Å²) >= 11 is 0. The number of amides is 1. The number of carbonyl (C=O) groups is 2. The number of carbonyl (C=O) groups excluding carboxylic acids is 2. The fraction of sp³-hybridized carbons (Fsp3) is 0.100. The predicted molar refractivity (Wildman–Crippen MR) is 94.9 cm³/mol. The van der Waals surface area contributed by atoms with Gasteiger partial charge in [-0.05, 0) is 11.6 Å². The van der Waals surface area contributed by atoms with Gasteiger partial charge in [0.1, 0.15) is 0 Å². The minimum absolute atomic E-state index is 0.0413. The highest BCUT2D eigenvalue weighted by molar-refractivity contribution is 6.15. The van der Waals surface area contributed by atoms with E-state index in [1.54, 1.807) is 0 Å². The number of benzene rings is 1. The van der Waals surface area contributed by atoms with Crippen molar-refractivity contribution in [1.29, 1.82) is 0 Å². The van der Waals surface area contributed by atoms with Crippen LogP contribution in [0.4, 0.5) is 0 Å². The largest absolute Gasteiger partial charge is 0.353 e. The highest BCUT2D eigenvalue weighted by atomic mass is 16.2. The SMILES string of the molecule is O=C1CC=Cc2c1[nH]c1c2C2C(=O)NC=C2c2c-1[nH]c1ccccc21. The summed E-state index contributed by atoms with van der Waals surface area (Å²) < 4.78 is 0. The number of aromatic amines is 2. The Morgan fingerprint density at radius 2 is 1.88 bits per heavy atom. The van der Waals surface area contributed by atoms with E-state index < -0.39 is 0 Å². The van der Waals surface area contributed by atoms with Crippen LogP contribution in [0.15, 0.2) is 36.5 Å². The van der Waals surface area contributed by atoms with E-state index in [-0.39, 0.29) is 17.6 Å². The van der Waals surface area contributed by atoms with Gasteiger partial charge in [-0.15, -0.1) is 0 Å². The first kappa shape index (κ1) is 13.0. The van der Waals surface area contributed by atoms with Crippen molar-refractivity contribution in [2.24, 2.45) is 0 Å². The smallest absolute Gasteiger partial charge is 0.236 e. The zero-order valence-corrected chi connectivity index (χ0v) is 13.1. The van der Waals surface area contributed by atoms with Gasteiger partial charge >= 0.3 is 0 Å². The molecule has 5 heteroatoms. The Kier molecular flexibility index (Phi) is 2.18. The van der Waals surface area contributed by atoms with Crippen LogP contribution >= 0.6 is 0 Å². The number of Topliss-reactive ketones (excluding diaryl/α,β-unsaturated/α-hetero) is 1. The molecule has 6 rings (SSSR count). The number of ketones is 1. The average Bonchev–Trinajstić information content (AvgIpc) is 3.28. The van der Waals surface area contributed by atoms with Crippen molar-refractivity contribution in [3.8, 4) is 11.4 Å². The quantitative estimate of drug-likeness (QED) is 0.592. The zero-order chi connectivity index (χ0) is 16.7. The second-order valence-corrected chi connectivity index (χ2v) is 6.69. The molecule has 1 atom stereocenters. The Morgan fingerprint density at radius 3 is 2.80 bits per heavy atom. The molecule has 0 saturated carbocycles. The fourth-order valence-electron chi connectivity index (χ4n) is 4.39. The van der Waals surface area contributed by atoms with Gasteiger partial charge in [0.05, 0.1) is 23.0 Å². The summed E-state index contributed by atoms with van der Waals surface area (Å²) in [7, 11) is 0. The third-order valence-corrected chi connectivity index (χ3v) is 5.42. The summed E-state index contributed by atoms with van der Waals surface area (Å²) in [6.07, 6.45) is 6.03. The third-order valence-electron chi connectivity index (χ3n) is 5.42. The molecule has 1 unspecified atom stereocenters. The molecule has 2 aromatic heterocycles. The van der Waals surface area contributed by atoms with Gasteiger partial charge in [0, 0.05) is 40.2 Å². The van der Waals surface area contributed by atoms with E-state index in [4.69, 9.17) is 0 Å². The molecule has 3 aromatic rings. The molecule has 3 heterocycles. The molecule has 0 fully saturated rings. The standard InChI is InChI=1S/C20H13N3O2/c24-13-7-3-5-10-15-16-11(8-21-20(16)25)14-9-4-1-2-6-12(9)22-18(14)19(15)23-17(10)13/h1-6,8,16,22-23H,7H2,(H,21,25). The molecule has 5 nitrogen and oxygen atoms in total. The van der Waals surface area contributed by atoms with E-state index >= 15 is 0 Å². The minimum atomic E-state index is -0.378. The van der Waals surface area contributed by atoms with Gasteiger partial charge in [-0.2, -0.15) is 0 Å². The highest BCUT2D eigenvalue weighted by Gasteiger charge is 2.43. The van der Waals surface area contributed by atoms with Crippen LogP contribution in [-0.4, -0.2) is 21.7 Å². The molecule has 3 N–H and O–H groups in total. The monoisotopic (exact) mass is 327 g/mol. The van der Waals surface area contributed by atoms with Crippen molar-refractivity contribution in [1.82, 2.24) is 15.3 Å². The molecular weight excluding hydrogens is 314 g/mol. The fourth-order valence-corrected chi connectivity index (χ4v) is 4.39. The summed E-state index contributed by atoms with van der Waals surface area (Å²) in [6.45, 7) is 0.